The number of morpholine rings is 1. The molecular formula is C20H20FN3O6. The number of ether oxygens (including phenoxy) is 2. The Bertz CT molecular complexity index is 956. The summed E-state index contributed by atoms with van der Waals surface area (Å²) in [6.07, 6.45) is -0.727. The van der Waals surface area contributed by atoms with Crippen LogP contribution in [0.2, 0.25) is 0 Å². The molecule has 2 aliphatic rings. The maximum absolute atomic E-state index is 14.6. The fraction of sp³-hybridized carbons (Fsp3) is 0.350. The molecule has 0 aliphatic carbocycles. The normalized spacial score (nSPS) is 19.0. The summed E-state index contributed by atoms with van der Waals surface area (Å²) >= 11 is 0. The Balaban J connectivity index is 1.36. The molecule has 10 heteroatoms. The highest BCUT2D eigenvalue weighted by atomic mass is 19.1. The number of cyclic esters (lactones) is 1. The van der Waals surface area contributed by atoms with E-state index in [4.69, 9.17) is 13.9 Å². The van der Waals surface area contributed by atoms with Gasteiger partial charge in [0.2, 0.25) is 0 Å². The Labute approximate surface area is 171 Å². The second-order valence-electron chi connectivity index (χ2n) is 6.88. The molecule has 2 aliphatic heterocycles. The number of nitrogens with one attached hydrogen (secondary N) is 1. The molecule has 4 rings (SSSR count). The van der Waals surface area contributed by atoms with E-state index in [1.165, 1.54) is 23.1 Å². The maximum Gasteiger partial charge on any atom is 0.414 e. The van der Waals surface area contributed by atoms with Crippen molar-refractivity contribution in [2.24, 2.45) is 0 Å². The third-order valence-corrected chi connectivity index (χ3v) is 4.93. The molecule has 30 heavy (non-hydrogen) atoms. The minimum Gasteiger partial charge on any atom is -0.448 e. The summed E-state index contributed by atoms with van der Waals surface area (Å²) in [5.41, 5.74) is 0.844. The number of carbonyl (C=O) groups is 3. The van der Waals surface area contributed by atoms with Crippen molar-refractivity contribution in [3.63, 3.8) is 0 Å². The van der Waals surface area contributed by atoms with E-state index in [9.17, 15) is 18.8 Å². The maximum atomic E-state index is 14.6. The Hall–Kier alpha value is -3.40. The van der Waals surface area contributed by atoms with Gasteiger partial charge in [0, 0.05) is 13.1 Å². The standard InChI is InChI=1S/C20H20FN3O6/c21-16-9-13(1-3-17(16)23-5-7-28-8-6-23)24-11-15(30-20(24)27)10-22-19(26)18-4-2-14(12-25)29-18/h1-4,9,12,15H,5-8,10-11H2,(H,22,26)/t15-/m0/s1. The van der Waals surface area contributed by atoms with Gasteiger partial charge in [-0.2, -0.15) is 0 Å². The first-order chi connectivity index (χ1) is 14.5. The van der Waals surface area contributed by atoms with Crippen LogP contribution in [0.1, 0.15) is 21.1 Å². The van der Waals surface area contributed by atoms with Crippen LogP contribution >= 0.6 is 0 Å². The van der Waals surface area contributed by atoms with E-state index >= 15 is 0 Å². The molecule has 3 heterocycles. The van der Waals surface area contributed by atoms with E-state index in [0.717, 1.165) is 0 Å². The number of aldehydes is 1. The van der Waals surface area contributed by atoms with Gasteiger partial charge in [0.15, 0.2) is 17.8 Å². The average molecular weight is 417 g/mol. The Morgan fingerprint density at radius 1 is 1.23 bits per heavy atom. The van der Waals surface area contributed by atoms with Gasteiger partial charge in [-0.1, -0.05) is 0 Å². The predicted molar refractivity (Wildman–Crippen MR) is 103 cm³/mol. The molecule has 2 fully saturated rings. The van der Waals surface area contributed by atoms with Gasteiger partial charge in [0.25, 0.3) is 5.91 Å². The Kier molecular flexibility index (Phi) is 5.66. The fourth-order valence-corrected chi connectivity index (χ4v) is 3.39. The molecule has 9 nitrogen and oxygen atoms in total. The van der Waals surface area contributed by atoms with Crippen molar-refractivity contribution in [3.8, 4) is 0 Å². The second kappa shape index (κ2) is 8.54. The van der Waals surface area contributed by atoms with Crippen LogP contribution in [-0.2, 0) is 9.47 Å². The van der Waals surface area contributed by atoms with E-state index < -0.39 is 23.9 Å². The molecule has 2 amide bonds. The first-order valence-corrected chi connectivity index (χ1v) is 9.49. The average Bonchev–Trinajstić information content (AvgIpc) is 3.39. The number of amides is 2. The molecule has 0 unspecified atom stereocenters. The summed E-state index contributed by atoms with van der Waals surface area (Å²) in [6, 6.07) is 7.37. The smallest absolute Gasteiger partial charge is 0.414 e. The molecule has 158 valence electrons. The van der Waals surface area contributed by atoms with Gasteiger partial charge in [-0.15, -0.1) is 0 Å². The quantitative estimate of drug-likeness (QED) is 0.716. The Morgan fingerprint density at radius 3 is 2.73 bits per heavy atom. The molecule has 1 atom stereocenters. The van der Waals surface area contributed by atoms with E-state index in [1.54, 1.807) is 12.1 Å². The lowest BCUT2D eigenvalue weighted by molar-refractivity contribution is 0.0887. The second-order valence-corrected chi connectivity index (χ2v) is 6.88. The van der Waals surface area contributed by atoms with E-state index in [1.807, 2.05) is 4.90 Å². The summed E-state index contributed by atoms with van der Waals surface area (Å²) in [5, 5.41) is 2.59. The van der Waals surface area contributed by atoms with Crippen LogP contribution in [0.15, 0.2) is 34.7 Å². The van der Waals surface area contributed by atoms with Crippen molar-refractivity contribution in [1.82, 2.24) is 5.32 Å². The highest BCUT2D eigenvalue weighted by Crippen LogP contribution is 2.28. The van der Waals surface area contributed by atoms with Crippen molar-refractivity contribution in [2.45, 2.75) is 6.10 Å². The van der Waals surface area contributed by atoms with Crippen LogP contribution < -0.4 is 15.1 Å². The summed E-state index contributed by atoms with van der Waals surface area (Å²) in [4.78, 5) is 38.1. The molecule has 1 aromatic heterocycles. The van der Waals surface area contributed by atoms with E-state index in [0.29, 0.717) is 44.0 Å². The highest BCUT2D eigenvalue weighted by molar-refractivity contribution is 5.93. The van der Waals surface area contributed by atoms with E-state index in [-0.39, 0.29) is 24.6 Å². The molecule has 1 aromatic carbocycles. The van der Waals surface area contributed by atoms with Gasteiger partial charge >= 0.3 is 6.09 Å². The van der Waals surface area contributed by atoms with Crippen LogP contribution in [-0.4, -0.2) is 63.8 Å². The lowest BCUT2D eigenvalue weighted by Gasteiger charge is -2.29. The fourth-order valence-electron chi connectivity index (χ4n) is 3.39. The zero-order valence-corrected chi connectivity index (χ0v) is 16.0. The summed E-state index contributed by atoms with van der Waals surface area (Å²) in [7, 11) is 0. The van der Waals surface area contributed by atoms with Crippen molar-refractivity contribution >= 4 is 29.7 Å². The molecule has 0 saturated carbocycles. The van der Waals surface area contributed by atoms with Crippen LogP contribution in [0.3, 0.4) is 0 Å². The topological polar surface area (TPSA) is 101 Å². The van der Waals surface area contributed by atoms with Gasteiger partial charge < -0.3 is 24.1 Å². The van der Waals surface area contributed by atoms with Crippen molar-refractivity contribution < 1.29 is 32.7 Å². The minimum absolute atomic E-state index is 0.0148. The van der Waals surface area contributed by atoms with Crippen LogP contribution in [0.25, 0.3) is 0 Å². The summed E-state index contributed by atoms with van der Waals surface area (Å²) in [6.45, 7) is 2.50. The number of furan rings is 1. The number of halogens is 1. The number of carbonyl (C=O) groups excluding carboxylic acids is 3. The van der Waals surface area contributed by atoms with Crippen molar-refractivity contribution in [1.29, 1.82) is 0 Å². The minimum atomic E-state index is -0.617. The first kappa shape index (κ1) is 19.9. The van der Waals surface area contributed by atoms with Gasteiger partial charge in [-0.25, -0.2) is 9.18 Å². The van der Waals surface area contributed by atoms with E-state index in [2.05, 4.69) is 5.32 Å². The number of rotatable bonds is 6. The Morgan fingerprint density at radius 2 is 2.03 bits per heavy atom. The van der Waals surface area contributed by atoms with Crippen LogP contribution in [0.4, 0.5) is 20.6 Å². The lowest BCUT2D eigenvalue weighted by Crippen LogP contribution is -2.37. The zero-order chi connectivity index (χ0) is 21.1. The molecule has 0 bridgehead atoms. The number of hydrogen-bond acceptors (Lipinski definition) is 7. The SMILES string of the molecule is O=Cc1ccc(C(=O)NC[C@H]2CN(c3ccc(N4CCOCC4)c(F)c3)C(=O)O2)o1. The molecule has 2 saturated heterocycles. The first-order valence-electron chi connectivity index (χ1n) is 9.49. The monoisotopic (exact) mass is 417 g/mol. The van der Waals surface area contributed by atoms with Gasteiger partial charge in [-0.05, 0) is 30.3 Å². The van der Waals surface area contributed by atoms with Crippen LogP contribution in [0, 0.1) is 5.82 Å². The summed E-state index contributed by atoms with van der Waals surface area (Å²) < 4.78 is 30.2. The van der Waals surface area contributed by atoms with Crippen molar-refractivity contribution in [3.05, 3.63) is 47.7 Å². The molecule has 1 N–H and O–H groups in total. The predicted octanol–water partition coefficient (Wildman–Crippen LogP) is 1.82. The van der Waals surface area contributed by atoms with Crippen LogP contribution in [0.5, 0.6) is 0 Å². The lowest BCUT2D eigenvalue weighted by atomic mass is 10.2. The zero-order valence-electron chi connectivity index (χ0n) is 16.0. The molecule has 0 radical (unpaired) electrons. The third-order valence-electron chi connectivity index (χ3n) is 4.93. The number of anilines is 2. The van der Waals surface area contributed by atoms with Crippen molar-refractivity contribution in [2.75, 3.05) is 49.2 Å². The number of benzene rings is 1. The number of nitrogens with zero attached hydrogens (tertiary/aromatic N) is 2. The molecule has 2 aromatic rings. The summed E-state index contributed by atoms with van der Waals surface area (Å²) in [5.74, 6) is -0.929. The van der Waals surface area contributed by atoms with Gasteiger partial charge in [0.05, 0.1) is 37.7 Å². The van der Waals surface area contributed by atoms with Gasteiger partial charge in [0.1, 0.15) is 11.9 Å². The van der Waals surface area contributed by atoms with Gasteiger partial charge in [-0.3, -0.25) is 14.5 Å². The highest BCUT2D eigenvalue weighted by Gasteiger charge is 2.33. The molecular weight excluding hydrogens is 397 g/mol. The molecule has 0 spiro atoms. The third kappa shape index (κ3) is 4.13. The number of hydrogen-bond donors (Lipinski definition) is 1. The largest absolute Gasteiger partial charge is 0.448 e.